The van der Waals surface area contributed by atoms with E-state index in [9.17, 15) is 4.79 Å². The van der Waals surface area contributed by atoms with E-state index in [0.717, 1.165) is 48.3 Å². The quantitative estimate of drug-likeness (QED) is 0.674. The lowest BCUT2D eigenvalue weighted by molar-refractivity contribution is -0.128. The van der Waals surface area contributed by atoms with Crippen molar-refractivity contribution in [1.82, 2.24) is 14.9 Å². The van der Waals surface area contributed by atoms with Crippen molar-refractivity contribution in [1.29, 1.82) is 0 Å². The van der Waals surface area contributed by atoms with E-state index < -0.39 is 0 Å². The van der Waals surface area contributed by atoms with Crippen LogP contribution < -0.4 is 4.90 Å². The molecule has 6 heteroatoms. The lowest BCUT2D eigenvalue weighted by Crippen LogP contribution is -2.34. The molecule has 0 saturated carbocycles. The molecular formula is C21H21ClN4O. The summed E-state index contributed by atoms with van der Waals surface area (Å²) in [6.07, 6.45) is 0.916. The molecule has 5 nitrogen and oxygen atoms in total. The van der Waals surface area contributed by atoms with Crippen molar-refractivity contribution in [2.24, 2.45) is 0 Å². The number of halogens is 1. The zero-order valence-electron chi connectivity index (χ0n) is 15.2. The first-order valence-corrected chi connectivity index (χ1v) is 9.53. The molecule has 2 aromatic carbocycles. The summed E-state index contributed by atoms with van der Waals surface area (Å²) in [5, 5.41) is 1.65. The Morgan fingerprint density at radius 1 is 0.963 bits per heavy atom. The van der Waals surface area contributed by atoms with Gasteiger partial charge in [0.15, 0.2) is 5.82 Å². The number of nitrogens with zero attached hydrogens (tertiary/aromatic N) is 4. The maximum absolute atomic E-state index is 11.8. The first-order chi connectivity index (χ1) is 13.1. The van der Waals surface area contributed by atoms with Gasteiger partial charge in [0, 0.05) is 44.1 Å². The van der Waals surface area contributed by atoms with E-state index >= 15 is 0 Å². The average molecular weight is 381 g/mol. The van der Waals surface area contributed by atoms with E-state index in [1.165, 1.54) is 0 Å². The molecule has 0 radical (unpaired) electrons. The van der Waals surface area contributed by atoms with Crippen LogP contribution in [0.4, 0.5) is 5.82 Å². The number of rotatable bonds is 2. The number of hydrogen-bond acceptors (Lipinski definition) is 4. The summed E-state index contributed by atoms with van der Waals surface area (Å²) in [4.78, 5) is 25.5. The molecule has 2 heterocycles. The molecule has 1 aliphatic rings. The van der Waals surface area contributed by atoms with Gasteiger partial charge in [0.25, 0.3) is 0 Å². The monoisotopic (exact) mass is 380 g/mol. The number of benzene rings is 2. The van der Waals surface area contributed by atoms with E-state index in [2.05, 4.69) is 11.0 Å². The van der Waals surface area contributed by atoms with E-state index in [1.807, 2.05) is 47.4 Å². The van der Waals surface area contributed by atoms with Gasteiger partial charge in [-0.15, -0.1) is 0 Å². The summed E-state index contributed by atoms with van der Waals surface area (Å²) in [6, 6.07) is 15.7. The smallest absolute Gasteiger partial charge is 0.219 e. The second-order valence-corrected chi connectivity index (χ2v) is 7.12. The molecule has 0 bridgehead atoms. The van der Waals surface area contributed by atoms with E-state index in [-0.39, 0.29) is 5.91 Å². The van der Waals surface area contributed by atoms with Crippen LogP contribution in [-0.4, -0.2) is 47.0 Å². The van der Waals surface area contributed by atoms with Gasteiger partial charge in [-0.25, -0.2) is 9.97 Å². The molecule has 1 aliphatic heterocycles. The summed E-state index contributed by atoms with van der Waals surface area (Å²) in [5.74, 6) is 1.66. The number of aromatic nitrogens is 2. The summed E-state index contributed by atoms with van der Waals surface area (Å²) in [5.41, 5.74) is 1.72. The highest BCUT2D eigenvalue weighted by molar-refractivity contribution is 6.33. The van der Waals surface area contributed by atoms with Crippen LogP contribution in [0, 0.1) is 0 Å². The van der Waals surface area contributed by atoms with E-state index in [1.54, 1.807) is 6.92 Å². The number of carbonyl (C=O) groups excluding carboxylic acids is 1. The lowest BCUT2D eigenvalue weighted by atomic mass is 10.1. The maximum atomic E-state index is 11.8. The van der Waals surface area contributed by atoms with Gasteiger partial charge in [-0.1, -0.05) is 35.9 Å². The van der Waals surface area contributed by atoms with E-state index in [4.69, 9.17) is 21.6 Å². The van der Waals surface area contributed by atoms with Crippen molar-refractivity contribution in [3.8, 4) is 11.4 Å². The van der Waals surface area contributed by atoms with Gasteiger partial charge in [-0.05, 0) is 30.7 Å². The van der Waals surface area contributed by atoms with E-state index in [0.29, 0.717) is 17.4 Å². The summed E-state index contributed by atoms with van der Waals surface area (Å²) < 4.78 is 0. The van der Waals surface area contributed by atoms with Crippen LogP contribution in [0.3, 0.4) is 0 Å². The summed E-state index contributed by atoms with van der Waals surface area (Å²) in [6.45, 7) is 4.72. The minimum Gasteiger partial charge on any atom is -0.354 e. The van der Waals surface area contributed by atoms with Gasteiger partial charge in [0.05, 0.1) is 10.5 Å². The second kappa shape index (κ2) is 7.53. The Kier molecular flexibility index (Phi) is 4.94. The molecular weight excluding hydrogens is 360 g/mol. The molecule has 3 aromatic rings. The van der Waals surface area contributed by atoms with Crippen molar-refractivity contribution in [3.63, 3.8) is 0 Å². The van der Waals surface area contributed by atoms with Crippen LogP contribution in [0.25, 0.3) is 22.3 Å². The topological polar surface area (TPSA) is 49.3 Å². The fraction of sp³-hybridized carbons (Fsp3) is 0.286. The number of hydrogen-bond donors (Lipinski definition) is 0. The zero-order valence-corrected chi connectivity index (χ0v) is 16.0. The zero-order chi connectivity index (χ0) is 18.8. The highest BCUT2D eigenvalue weighted by Gasteiger charge is 2.21. The third-order valence-corrected chi connectivity index (χ3v) is 5.27. The van der Waals surface area contributed by atoms with Crippen LogP contribution in [0.2, 0.25) is 5.02 Å². The van der Waals surface area contributed by atoms with Gasteiger partial charge in [0.2, 0.25) is 5.91 Å². The van der Waals surface area contributed by atoms with Gasteiger partial charge >= 0.3 is 0 Å². The summed E-state index contributed by atoms with van der Waals surface area (Å²) >= 11 is 6.39. The molecule has 0 aliphatic carbocycles. The van der Waals surface area contributed by atoms with Gasteiger partial charge in [0.1, 0.15) is 5.82 Å². The molecule has 1 aromatic heterocycles. The second-order valence-electron chi connectivity index (χ2n) is 6.71. The van der Waals surface area contributed by atoms with Crippen molar-refractivity contribution < 1.29 is 4.79 Å². The molecule has 0 N–H and O–H groups in total. The molecule has 0 atom stereocenters. The van der Waals surface area contributed by atoms with Crippen LogP contribution >= 0.6 is 11.6 Å². The minimum absolute atomic E-state index is 0.126. The highest BCUT2D eigenvalue weighted by atomic mass is 35.5. The maximum Gasteiger partial charge on any atom is 0.219 e. The molecule has 1 fully saturated rings. The molecule has 4 rings (SSSR count). The Balaban J connectivity index is 1.80. The number of para-hydroxylation sites is 1. The standard InChI is InChI=1S/C21H21ClN4O/c1-15(27)25-11-6-12-26(14-13-25)21-17-8-3-5-10-19(17)23-20(24-21)16-7-2-4-9-18(16)22/h2-5,7-10H,6,11-14H2,1H3. The van der Waals surface area contributed by atoms with Gasteiger partial charge < -0.3 is 9.80 Å². The lowest BCUT2D eigenvalue weighted by Gasteiger charge is -2.24. The predicted octanol–water partition coefficient (Wildman–Crippen LogP) is 4.01. The third-order valence-electron chi connectivity index (χ3n) is 4.94. The molecule has 1 amide bonds. The van der Waals surface area contributed by atoms with Crippen molar-refractivity contribution in [2.75, 3.05) is 31.1 Å². The number of amides is 1. The van der Waals surface area contributed by atoms with Crippen LogP contribution in [-0.2, 0) is 4.79 Å². The Bertz CT molecular complexity index is 991. The predicted molar refractivity (Wildman–Crippen MR) is 109 cm³/mol. The molecule has 0 spiro atoms. The highest BCUT2D eigenvalue weighted by Crippen LogP contribution is 2.31. The normalized spacial score (nSPS) is 15.0. The van der Waals surface area contributed by atoms with Gasteiger partial charge in [-0.3, -0.25) is 4.79 Å². The fourth-order valence-corrected chi connectivity index (χ4v) is 3.73. The number of anilines is 1. The van der Waals surface area contributed by atoms with Crippen LogP contribution in [0.15, 0.2) is 48.5 Å². The minimum atomic E-state index is 0.126. The fourth-order valence-electron chi connectivity index (χ4n) is 3.51. The Labute approximate surface area is 163 Å². The molecule has 27 heavy (non-hydrogen) atoms. The van der Waals surface area contributed by atoms with Crippen LogP contribution in [0.5, 0.6) is 0 Å². The number of fused-ring (bicyclic) bond motifs is 1. The molecule has 138 valence electrons. The Morgan fingerprint density at radius 3 is 2.56 bits per heavy atom. The first-order valence-electron chi connectivity index (χ1n) is 9.15. The van der Waals surface area contributed by atoms with Crippen molar-refractivity contribution in [3.05, 3.63) is 53.6 Å². The van der Waals surface area contributed by atoms with Gasteiger partial charge in [-0.2, -0.15) is 0 Å². The molecule has 0 unspecified atom stereocenters. The Hall–Kier alpha value is -2.66. The van der Waals surface area contributed by atoms with Crippen molar-refractivity contribution >= 4 is 34.2 Å². The SMILES string of the molecule is CC(=O)N1CCCN(c2nc(-c3ccccc3Cl)nc3ccccc23)CC1. The Morgan fingerprint density at radius 2 is 1.74 bits per heavy atom. The largest absolute Gasteiger partial charge is 0.354 e. The van der Waals surface area contributed by atoms with Crippen molar-refractivity contribution in [2.45, 2.75) is 13.3 Å². The number of carbonyl (C=O) groups is 1. The van der Waals surface area contributed by atoms with Crippen LogP contribution in [0.1, 0.15) is 13.3 Å². The average Bonchev–Trinajstić information content (AvgIpc) is 2.94. The third kappa shape index (κ3) is 3.60. The summed E-state index contributed by atoms with van der Waals surface area (Å²) in [7, 11) is 0. The molecule has 1 saturated heterocycles. The first kappa shape index (κ1) is 17.7.